The van der Waals surface area contributed by atoms with E-state index in [-0.39, 0.29) is 18.1 Å². The molecule has 0 unspecified atom stereocenters. The molecule has 1 heterocycles. The Balaban J connectivity index is 2.71. The van der Waals surface area contributed by atoms with Crippen molar-refractivity contribution in [3.63, 3.8) is 0 Å². The summed E-state index contributed by atoms with van der Waals surface area (Å²) in [6.07, 6.45) is -0.482. The van der Waals surface area contributed by atoms with Gasteiger partial charge in [-0.1, -0.05) is 0 Å². The van der Waals surface area contributed by atoms with Crippen molar-refractivity contribution < 1.29 is 14.3 Å². The highest BCUT2D eigenvalue weighted by molar-refractivity contribution is 5.82. The highest BCUT2D eigenvalue weighted by atomic mass is 16.6. The molecule has 0 aromatic heterocycles. The van der Waals surface area contributed by atoms with E-state index < -0.39 is 17.6 Å². The van der Waals surface area contributed by atoms with Crippen LogP contribution in [-0.2, 0) is 9.53 Å². The minimum atomic E-state index is -0.595. The summed E-state index contributed by atoms with van der Waals surface area (Å²) < 4.78 is 5.37. The summed E-state index contributed by atoms with van der Waals surface area (Å²) in [5, 5.41) is 0. The predicted molar refractivity (Wildman–Crippen MR) is 80.4 cm³/mol. The van der Waals surface area contributed by atoms with Gasteiger partial charge in [0.05, 0.1) is 6.04 Å². The molecule has 1 aliphatic rings. The minimum absolute atomic E-state index is 0.0311. The quantitative estimate of drug-likeness (QED) is 0.455. The van der Waals surface area contributed by atoms with Crippen molar-refractivity contribution in [3.05, 3.63) is 0 Å². The number of likely N-dealkylation sites (tertiary alicyclic amines) is 1. The topological polar surface area (TPSA) is 87.9 Å². The van der Waals surface area contributed by atoms with E-state index in [0.717, 1.165) is 13.1 Å². The summed E-state index contributed by atoms with van der Waals surface area (Å²) in [6.45, 7) is 13.1. The zero-order chi connectivity index (χ0) is 16.4. The van der Waals surface area contributed by atoms with Gasteiger partial charge in [0.25, 0.3) is 5.91 Å². The molecule has 7 nitrogen and oxygen atoms in total. The van der Waals surface area contributed by atoms with Crippen molar-refractivity contribution in [2.24, 2.45) is 5.84 Å². The first-order chi connectivity index (χ1) is 9.44. The molecule has 0 saturated carbocycles. The molecule has 0 bridgehead atoms. The average Bonchev–Trinajstić information content (AvgIpc) is 2.20. The Labute approximate surface area is 126 Å². The smallest absolute Gasteiger partial charge is 0.411 e. The van der Waals surface area contributed by atoms with Crippen LogP contribution >= 0.6 is 0 Å². The molecule has 122 valence electrons. The van der Waals surface area contributed by atoms with Gasteiger partial charge < -0.3 is 4.74 Å². The van der Waals surface area contributed by atoms with Gasteiger partial charge in [0.15, 0.2) is 0 Å². The minimum Gasteiger partial charge on any atom is -0.444 e. The summed E-state index contributed by atoms with van der Waals surface area (Å²) in [4.78, 5) is 27.5. The van der Waals surface area contributed by atoms with Crippen LogP contribution in [0.1, 0.15) is 41.5 Å². The molecule has 7 heteroatoms. The van der Waals surface area contributed by atoms with E-state index in [2.05, 4.69) is 31.1 Å². The van der Waals surface area contributed by atoms with Crippen LogP contribution in [0.25, 0.3) is 0 Å². The Morgan fingerprint density at radius 2 is 1.76 bits per heavy atom. The second-order valence-electron chi connectivity index (χ2n) is 7.41. The van der Waals surface area contributed by atoms with E-state index in [1.54, 1.807) is 20.8 Å². The van der Waals surface area contributed by atoms with Gasteiger partial charge >= 0.3 is 6.09 Å². The lowest BCUT2D eigenvalue weighted by Crippen LogP contribution is -2.66. The fourth-order valence-electron chi connectivity index (χ4n) is 2.06. The number of hydrogen-bond donors (Lipinski definition) is 2. The normalized spacial score (nSPS) is 17.1. The van der Waals surface area contributed by atoms with Gasteiger partial charge in [-0.05, 0) is 41.5 Å². The largest absolute Gasteiger partial charge is 0.444 e. The summed E-state index contributed by atoms with van der Waals surface area (Å²) >= 11 is 0. The highest BCUT2D eigenvalue weighted by Crippen LogP contribution is 2.25. The van der Waals surface area contributed by atoms with Crippen LogP contribution in [0.3, 0.4) is 0 Å². The first kappa shape index (κ1) is 17.7. The second kappa shape index (κ2) is 6.19. The zero-order valence-electron chi connectivity index (χ0n) is 13.9. The van der Waals surface area contributed by atoms with E-state index in [9.17, 15) is 9.59 Å². The number of rotatable bonds is 3. The van der Waals surface area contributed by atoms with E-state index in [0.29, 0.717) is 0 Å². The van der Waals surface area contributed by atoms with Gasteiger partial charge in [0.2, 0.25) is 0 Å². The van der Waals surface area contributed by atoms with E-state index in [1.807, 2.05) is 0 Å². The number of hydrazine groups is 1. The summed E-state index contributed by atoms with van der Waals surface area (Å²) in [7, 11) is 0. The third-order valence-corrected chi connectivity index (χ3v) is 3.35. The maximum atomic E-state index is 12.3. The number of amides is 2. The van der Waals surface area contributed by atoms with Gasteiger partial charge in [-0.3, -0.25) is 20.0 Å². The molecule has 0 aliphatic carbocycles. The summed E-state index contributed by atoms with van der Waals surface area (Å²) in [6, 6.07) is -0.0311. The number of carbonyl (C=O) groups excluding carboxylic acids is 2. The number of carbonyl (C=O) groups is 2. The molecule has 0 atom stereocenters. The Bertz CT molecular complexity index is 392. The summed E-state index contributed by atoms with van der Waals surface area (Å²) in [5.41, 5.74) is 1.51. The Morgan fingerprint density at radius 1 is 1.24 bits per heavy atom. The molecule has 0 spiro atoms. The molecule has 0 radical (unpaired) electrons. The van der Waals surface area contributed by atoms with Crippen LogP contribution in [0, 0.1) is 0 Å². The van der Waals surface area contributed by atoms with Crippen LogP contribution in [0.15, 0.2) is 0 Å². The Hall–Kier alpha value is -1.34. The van der Waals surface area contributed by atoms with Crippen LogP contribution in [0.2, 0.25) is 0 Å². The Kier molecular flexibility index (Phi) is 5.22. The van der Waals surface area contributed by atoms with Gasteiger partial charge in [0, 0.05) is 18.6 Å². The summed E-state index contributed by atoms with van der Waals surface area (Å²) in [5.74, 6) is 4.71. The molecular formula is C14H28N4O3. The molecule has 2 amide bonds. The van der Waals surface area contributed by atoms with Crippen molar-refractivity contribution in [2.45, 2.75) is 58.7 Å². The van der Waals surface area contributed by atoms with Crippen molar-refractivity contribution in [2.75, 3.05) is 19.6 Å². The molecule has 0 aromatic rings. The van der Waals surface area contributed by atoms with E-state index in [1.165, 1.54) is 4.90 Å². The number of nitrogens with two attached hydrogens (primary N) is 1. The third-order valence-electron chi connectivity index (χ3n) is 3.35. The second-order valence-corrected chi connectivity index (χ2v) is 7.41. The van der Waals surface area contributed by atoms with Crippen LogP contribution < -0.4 is 11.3 Å². The fourth-order valence-corrected chi connectivity index (χ4v) is 2.06. The fraction of sp³-hybridized carbons (Fsp3) is 0.857. The number of hydrogen-bond acceptors (Lipinski definition) is 5. The SMILES string of the molecule is CC(C)(C)OC(=O)N(CC(=O)NN)C1CN(C(C)(C)C)C1. The lowest BCUT2D eigenvalue weighted by molar-refractivity contribution is -0.124. The molecular weight excluding hydrogens is 272 g/mol. The third kappa shape index (κ3) is 5.17. The van der Waals surface area contributed by atoms with Crippen molar-refractivity contribution >= 4 is 12.0 Å². The van der Waals surface area contributed by atoms with Crippen molar-refractivity contribution in [1.82, 2.24) is 15.2 Å². The van der Waals surface area contributed by atoms with Gasteiger partial charge in [-0.15, -0.1) is 0 Å². The van der Waals surface area contributed by atoms with Crippen LogP contribution in [-0.4, -0.2) is 58.6 Å². The standard InChI is InChI=1S/C14H28N4O3/c1-13(2,3)17-7-10(8-17)18(9-11(19)16-15)12(20)21-14(4,5)6/h10H,7-9,15H2,1-6H3,(H,16,19). The molecule has 1 aliphatic heterocycles. The van der Waals surface area contributed by atoms with Crippen molar-refractivity contribution in [3.8, 4) is 0 Å². The number of nitrogens with zero attached hydrogens (tertiary/aromatic N) is 2. The average molecular weight is 300 g/mol. The van der Waals surface area contributed by atoms with Crippen LogP contribution in [0.4, 0.5) is 4.79 Å². The predicted octanol–water partition coefficient (Wildman–Crippen LogP) is 0.696. The van der Waals surface area contributed by atoms with Crippen molar-refractivity contribution in [1.29, 1.82) is 0 Å². The molecule has 0 aromatic carbocycles. The molecule has 1 saturated heterocycles. The maximum absolute atomic E-state index is 12.3. The lowest BCUT2D eigenvalue weighted by atomic mass is 9.97. The van der Waals surface area contributed by atoms with Gasteiger partial charge in [-0.25, -0.2) is 10.6 Å². The molecule has 1 fully saturated rings. The first-order valence-corrected chi connectivity index (χ1v) is 7.18. The Morgan fingerprint density at radius 3 is 2.14 bits per heavy atom. The monoisotopic (exact) mass is 300 g/mol. The number of ether oxygens (including phenoxy) is 1. The zero-order valence-corrected chi connectivity index (χ0v) is 13.9. The van der Waals surface area contributed by atoms with E-state index >= 15 is 0 Å². The molecule has 21 heavy (non-hydrogen) atoms. The van der Waals surface area contributed by atoms with E-state index in [4.69, 9.17) is 10.6 Å². The molecule has 1 rings (SSSR count). The van der Waals surface area contributed by atoms with Gasteiger partial charge in [0.1, 0.15) is 12.1 Å². The lowest BCUT2D eigenvalue weighted by Gasteiger charge is -2.51. The first-order valence-electron chi connectivity index (χ1n) is 7.18. The van der Waals surface area contributed by atoms with Gasteiger partial charge in [-0.2, -0.15) is 0 Å². The number of nitrogens with one attached hydrogen (secondary N) is 1. The highest BCUT2D eigenvalue weighted by Gasteiger charge is 2.41. The van der Waals surface area contributed by atoms with Crippen LogP contribution in [0.5, 0.6) is 0 Å². The molecule has 3 N–H and O–H groups in total. The maximum Gasteiger partial charge on any atom is 0.411 e.